The molecule has 0 radical (unpaired) electrons. The lowest BCUT2D eigenvalue weighted by molar-refractivity contribution is -0.123. The van der Waals surface area contributed by atoms with Gasteiger partial charge in [0.1, 0.15) is 5.54 Å². The van der Waals surface area contributed by atoms with E-state index in [2.05, 4.69) is 0 Å². The van der Waals surface area contributed by atoms with Gasteiger partial charge in [0.15, 0.2) is 0 Å². The quantitative estimate of drug-likeness (QED) is 0.796. The van der Waals surface area contributed by atoms with Gasteiger partial charge < -0.3 is 16.2 Å². The summed E-state index contributed by atoms with van der Waals surface area (Å²) in [7, 11) is 0. The Morgan fingerprint density at radius 2 is 2.11 bits per heavy atom. The first kappa shape index (κ1) is 14.9. The zero-order chi connectivity index (χ0) is 14.0. The Morgan fingerprint density at radius 3 is 2.61 bits per heavy atom. The molecule has 0 saturated heterocycles. The first-order valence-corrected chi connectivity index (χ1v) is 6.25. The Bertz CT molecular complexity index is 380. The molecule has 1 unspecified atom stereocenters. The van der Waals surface area contributed by atoms with E-state index in [-0.39, 0.29) is 11.5 Å². The number of primary amides is 1. The minimum atomic E-state index is -1.10. The first-order chi connectivity index (χ1) is 8.15. The van der Waals surface area contributed by atoms with Crippen LogP contribution in [0.4, 0.5) is 0 Å². The molecule has 0 heterocycles. The fourth-order valence-electron chi connectivity index (χ4n) is 1.98. The van der Waals surface area contributed by atoms with Crippen molar-refractivity contribution in [2.75, 3.05) is 6.61 Å². The fourth-order valence-corrected chi connectivity index (χ4v) is 1.98. The van der Waals surface area contributed by atoms with Crippen molar-refractivity contribution < 1.29 is 9.53 Å². The predicted molar refractivity (Wildman–Crippen MR) is 72.8 cm³/mol. The normalized spacial score (nSPS) is 28.1. The van der Waals surface area contributed by atoms with Crippen LogP contribution >= 0.6 is 0 Å². The second-order valence-corrected chi connectivity index (χ2v) is 5.90. The molecule has 18 heavy (non-hydrogen) atoms. The lowest BCUT2D eigenvalue weighted by atomic mass is 9.77. The van der Waals surface area contributed by atoms with Gasteiger partial charge in [0.05, 0.1) is 5.60 Å². The van der Waals surface area contributed by atoms with Gasteiger partial charge in [-0.15, -0.1) is 0 Å². The Kier molecular flexibility index (Phi) is 4.35. The maximum atomic E-state index is 11.5. The molecule has 0 bridgehead atoms. The highest BCUT2D eigenvalue weighted by Crippen LogP contribution is 2.28. The van der Waals surface area contributed by atoms with Crippen molar-refractivity contribution in [2.45, 2.75) is 45.3 Å². The summed E-state index contributed by atoms with van der Waals surface area (Å²) in [5, 5.41) is 0. The zero-order valence-corrected chi connectivity index (χ0v) is 11.7. The third-order valence-electron chi connectivity index (χ3n) is 3.09. The maximum Gasteiger partial charge on any atom is 0.242 e. The maximum absolute atomic E-state index is 11.5. The minimum Gasteiger partial charge on any atom is -0.376 e. The number of carbonyl (C=O) groups excluding carboxylic acids is 1. The predicted octanol–water partition coefficient (Wildman–Crippen LogP) is 1.51. The number of amides is 1. The second kappa shape index (κ2) is 5.24. The number of carbonyl (C=O) groups is 1. The number of hydrogen-bond donors (Lipinski definition) is 2. The van der Waals surface area contributed by atoms with Crippen LogP contribution in [0.1, 0.15) is 34.1 Å². The lowest BCUT2D eigenvalue weighted by Gasteiger charge is -2.33. The van der Waals surface area contributed by atoms with Gasteiger partial charge in [0, 0.05) is 12.5 Å². The van der Waals surface area contributed by atoms with Gasteiger partial charge in [-0.3, -0.25) is 4.79 Å². The van der Waals surface area contributed by atoms with Gasteiger partial charge in [-0.1, -0.05) is 23.8 Å². The summed E-state index contributed by atoms with van der Waals surface area (Å²) in [6.45, 7) is 8.53. The Balaban J connectivity index is 2.71. The third kappa shape index (κ3) is 3.68. The van der Waals surface area contributed by atoms with Crippen molar-refractivity contribution in [3.8, 4) is 0 Å². The second-order valence-electron chi connectivity index (χ2n) is 5.90. The summed E-state index contributed by atoms with van der Waals surface area (Å²) < 4.78 is 5.68. The number of allylic oxidation sites excluding steroid dienone is 2. The van der Waals surface area contributed by atoms with E-state index in [1.807, 2.05) is 39.8 Å². The average molecular weight is 252 g/mol. The summed E-state index contributed by atoms with van der Waals surface area (Å²) in [5.41, 5.74) is 11.3. The molecule has 0 fully saturated rings. The summed E-state index contributed by atoms with van der Waals surface area (Å²) >= 11 is 0. The van der Waals surface area contributed by atoms with E-state index in [1.165, 1.54) is 0 Å². The van der Waals surface area contributed by atoms with Crippen molar-refractivity contribution in [3.05, 3.63) is 23.8 Å². The highest BCUT2D eigenvalue weighted by molar-refractivity contribution is 5.88. The van der Waals surface area contributed by atoms with Crippen molar-refractivity contribution in [1.82, 2.24) is 0 Å². The molecule has 0 aliphatic heterocycles. The van der Waals surface area contributed by atoms with Crippen molar-refractivity contribution in [3.63, 3.8) is 0 Å². The molecule has 4 heteroatoms. The van der Waals surface area contributed by atoms with E-state index < -0.39 is 11.4 Å². The molecule has 4 nitrogen and oxygen atoms in total. The smallest absolute Gasteiger partial charge is 0.242 e. The van der Waals surface area contributed by atoms with Gasteiger partial charge in [-0.05, 0) is 34.1 Å². The first-order valence-electron chi connectivity index (χ1n) is 6.25. The third-order valence-corrected chi connectivity index (χ3v) is 3.09. The van der Waals surface area contributed by atoms with Crippen LogP contribution in [0.15, 0.2) is 23.8 Å². The number of hydrogen-bond acceptors (Lipinski definition) is 3. The topological polar surface area (TPSA) is 78.3 Å². The van der Waals surface area contributed by atoms with Crippen LogP contribution in [0.3, 0.4) is 0 Å². The molecule has 4 N–H and O–H groups in total. The summed E-state index contributed by atoms with van der Waals surface area (Å²) in [6.07, 6.45) is 6.22. The van der Waals surface area contributed by atoms with Crippen LogP contribution in [-0.4, -0.2) is 23.7 Å². The molecule has 1 amide bonds. The zero-order valence-electron chi connectivity index (χ0n) is 11.7. The highest BCUT2D eigenvalue weighted by atomic mass is 16.5. The van der Waals surface area contributed by atoms with E-state index >= 15 is 0 Å². The summed E-state index contributed by atoms with van der Waals surface area (Å²) in [5.74, 6) is -0.606. The van der Waals surface area contributed by atoms with Gasteiger partial charge in [-0.2, -0.15) is 0 Å². The average Bonchev–Trinajstić information content (AvgIpc) is 2.21. The molecule has 1 aliphatic carbocycles. The largest absolute Gasteiger partial charge is 0.376 e. The molecule has 0 saturated carbocycles. The van der Waals surface area contributed by atoms with Crippen molar-refractivity contribution in [1.29, 1.82) is 0 Å². The monoisotopic (exact) mass is 252 g/mol. The molecule has 0 aromatic carbocycles. The molecule has 0 aromatic rings. The number of nitrogens with two attached hydrogens (primary N) is 2. The standard InChI is InChI=1S/C14H24N2O2/c1-10-5-7-14(16,12(15)17)11(9-10)6-8-18-13(2,3)4/h5,7,9,11H,6,8,16H2,1-4H3,(H2,15,17)/t11?,14-/m0/s1. The van der Waals surface area contributed by atoms with E-state index in [1.54, 1.807) is 6.08 Å². The van der Waals surface area contributed by atoms with Gasteiger partial charge >= 0.3 is 0 Å². The van der Waals surface area contributed by atoms with Crippen LogP contribution in [0.2, 0.25) is 0 Å². The molecule has 0 spiro atoms. The lowest BCUT2D eigenvalue weighted by Crippen LogP contribution is -2.56. The minimum absolute atomic E-state index is 0.109. The van der Waals surface area contributed by atoms with Gasteiger partial charge in [0.25, 0.3) is 0 Å². The summed E-state index contributed by atoms with van der Waals surface area (Å²) in [6, 6.07) is 0. The fraction of sp³-hybridized carbons (Fsp3) is 0.643. The van der Waals surface area contributed by atoms with E-state index in [4.69, 9.17) is 16.2 Å². The van der Waals surface area contributed by atoms with Crippen LogP contribution in [0.5, 0.6) is 0 Å². The molecule has 2 atom stereocenters. The molecule has 1 aliphatic rings. The molecule has 1 rings (SSSR count). The van der Waals surface area contributed by atoms with E-state index in [0.717, 1.165) is 5.57 Å². The highest BCUT2D eigenvalue weighted by Gasteiger charge is 2.38. The van der Waals surface area contributed by atoms with Crippen LogP contribution in [0.25, 0.3) is 0 Å². The van der Waals surface area contributed by atoms with Gasteiger partial charge in [0.2, 0.25) is 5.91 Å². The van der Waals surface area contributed by atoms with E-state index in [0.29, 0.717) is 13.0 Å². The van der Waals surface area contributed by atoms with Crippen LogP contribution in [0, 0.1) is 5.92 Å². The SMILES string of the molecule is CC1=CC(CCOC(C)(C)C)[C@](N)(C(N)=O)C=C1. The van der Waals surface area contributed by atoms with Crippen LogP contribution in [-0.2, 0) is 9.53 Å². The Morgan fingerprint density at radius 1 is 1.50 bits per heavy atom. The van der Waals surface area contributed by atoms with Crippen molar-refractivity contribution >= 4 is 5.91 Å². The summed E-state index contributed by atoms with van der Waals surface area (Å²) in [4.78, 5) is 11.5. The molecule has 0 aromatic heterocycles. The molecule has 102 valence electrons. The van der Waals surface area contributed by atoms with E-state index in [9.17, 15) is 4.79 Å². The molecular formula is C14H24N2O2. The van der Waals surface area contributed by atoms with Crippen LogP contribution < -0.4 is 11.5 Å². The molecular weight excluding hydrogens is 228 g/mol. The number of rotatable bonds is 4. The number of ether oxygens (including phenoxy) is 1. The van der Waals surface area contributed by atoms with Crippen molar-refractivity contribution in [2.24, 2.45) is 17.4 Å². The Hall–Kier alpha value is -1.13. The Labute approximate surface area is 109 Å². The van der Waals surface area contributed by atoms with Gasteiger partial charge in [-0.25, -0.2) is 0 Å².